The second-order valence-corrected chi connectivity index (χ2v) is 10.0. The first-order chi connectivity index (χ1) is 18.2. The molecule has 1 amide bonds. The van der Waals surface area contributed by atoms with E-state index in [4.69, 9.17) is 10.5 Å². The summed E-state index contributed by atoms with van der Waals surface area (Å²) in [6.07, 6.45) is -6.26. The van der Waals surface area contributed by atoms with Crippen molar-refractivity contribution in [1.82, 2.24) is 4.90 Å². The van der Waals surface area contributed by atoms with Crippen molar-refractivity contribution in [3.05, 3.63) is 52.4 Å². The SMILES string of the molecule is COc1cc(C(N)=O)ccc1NCC#Cc1sc2c(NC3CCN(C)CC3F)cccc2c1C(F)C(F)F. The molecule has 2 heterocycles. The highest BCUT2D eigenvalue weighted by Gasteiger charge is 2.31. The molecule has 1 aromatic heterocycles. The van der Waals surface area contributed by atoms with Gasteiger partial charge in [0.2, 0.25) is 5.91 Å². The van der Waals surface area contributed by atoms with Gasteiger partial charge in [0.05, 0.1) is 40.6 Å². The third kappa shape index (κ3) is 5.97. The van der Waals surface area contributed by atoms with E-state index in [0.29, 0.717) is 40.2 Å². The Hall–Kier alpha value is -3.49. The average Bonchev–Trinajstić information content (AvgIpc) is 3.26. The van der Waals surface area contributed by atoms with Crippen molar-refractivity contribution in [2.24, 2.45) is 5.73 Å². The molecule has 2 aromatic carbocycles. The Balaban J connectivity index is 1.61. The van der Waals surface area contributed by atoms with E-state index in [0.717, 1.165) is 17.9 Å². The molecule has 4 N–H and O–H groups in total. The Labute approximate surface area is 222 Å². The Morgan fingerprint density at radius 1 is 1.26 bits per heavy atom. The van der Waals surface area contributed by atoms with Gasteiger partial charge < -0.3 is 26.0 Å². The number of hydrogen-bond donors (Lipinski definition) is 3. The van der Waals surface area contributed by atoms with E-state index in [2.05, 4.69) is 22.5 Å². The molecule has 0 radical (unpaired) electrons. The van der Waals surface area contributed by atoms with Crippen LogP contribution in [0.4, 0.5) is 28.9 Å². The fourth-order valence-corrected chi connectivity index (χ4v) is 5.60. The van der Waals surface area contributed by atoms with Crippen molar-refractivity contribution in [2.75, 3.05) is 44.4 Å². The zero-order valence-corrected chi connectivity index (χ0v) is 21.7. The number of carbonyl (C=O) groups is 1. The van der Waals surface area contributed by atoms with Gasteiger partial charge >= 0.3 is 0 Å². The van der Waals surface area contributed by atoms with Gasteiger partial charge in [-0.05, 0) is 37.7 Å². The lowest BCUT2D eigenvalue weighted by Crippen LogP contribution is -2.46. The number of ether oxygens (including phenoxy) is 1. The summed E-state index contributed by atoms with van der Waals surface area (Å²) < 4.78 is 62.2. The van der Waals surface area contributed by atoms with Crippen LogP contribution in [0, 0.1) is 11.8 Å². The molecule has 3 unspecified atom stereocenters. The third-order valence-corrected chi connectivity index (χ3v) is 7.56. The topological polar surface area (TPSA) is 79.6 Å². The molecule has 3 aromatic rings. The number of alkyl halides is 4. The molecule has 6 nitrogen and oxygen atoms in total. The highest BCUT2D eigenvalue weighted by Crippen LogP contribution is 2.42. The molecule has 202 valence electrons. The number of nitrogens with one attached hydrogen (secondary N) is 2. The molecule has 38 heavy (non-hydrogen) atoms. The quantitative estimate of drug-likeness (QED) is 0.266. The molecule has 1 aliphatic rings. The van der Waals surface area contributed by atoms with Crippen LogP contribution < -0.4 is 21.1 Å². The highest BCUT2D eigenvalue weighted by atomic mass is 32.1. The second kappa shape index (κ2) is 11.9. The Bertz CT molecular complexity index is 1370. The van der Waals surface area contributed by atoms with Crippen molar-refractivity contribution >= 4 is 38.7 Å². The number of nitrogens with two attached hydrogens (primary N) is 1. The van der Waals surface area contributed by atoms with Gasteiger partial charge in [0, 0.05) is 29.6 Å². The molecule has 1 saturated heterocycles. The van der Waals surface area contributed by atoms with Crippen molar-refractivity contribution in [3.8, 4) is 17.6 Å². The van der Waals surface area contributed by atoms with E-state index >= 15 is 0 Å². The summed E-state index contributed by atoms with van der Waals surface area (Å²) in [6, 6.07) is 9.15. The maximum Gasteiger partial charge on any atom is 0.273 e. The minimum absolute atomic E-state index is 0.0931. The number of anilines is 2. The minimum atomic E-state index is -3.22. The first-order valence-corrected chi connectivity index (χ1v) is 12.8. The number of methoxy groups -OCH3 is 1. The van der Waals surface area contributed by atoms with Crippen LogP contribution in [0.25, 0.3) is 10.1 Å². The number of halogens is 4. The summed E-state index contributed by atoms with van der Waals surface area (Å²) in [4.78, 5) is 13.5. The number of primary amides is 1. The van der Waals surface area contributed by atoms with Crippen LogP contribution in [0.1, 0.15) is 33.4 Å². The van der Waals surface area contributed by atoms with Crippen LogP contribution >= 0.6 is 11.3 Å². The molecule has 0 spiro atoms. The fraction of sp³-hybridized carbons (Fsp3) is 0.370. The van der Waals surface area contributed by atoms with Gasteiger partial charge in [-0.25, -0.2) is 17.6 Å². The number of benzene rings is 2. The van der Waals surface area contributed by atoms with Gasteiger partial charge in [0.25, 0.3) is 6.43 Å². The number of fused-ring (bicyclic) bond motifs is 1. The normalized spacial score (nSPS) is 18.6. The summed E-state index contributed by atoms with van der Waals surface area (Å²) in [5, 5.41) is 6.57. The number of rotatable bonds is 8. The summed E-state index contributed by atoms with van der Waals surface area (Å²) in [6.45, 7) is 1.11. The smallest absolute Gasteiger partial charge is 0.273 e. The third-order valence-electron chi connectivity index (χ3n) is 6.39. The van der Waals surface area contributed by atoms with Gasteiger partial charge in [-0.15, -0.1) is 11.3 Å². The van der Waals surface area contributed by atoms with Crippen LogP contribution in [0.2, 0.25) is 0 Å². The molecule has 4 rings (SSSR count). The van der Waals surface area contributed by atoms with E-state index in [9.17, 15) is 22.4 Å². The van der Waals surface area contributed by atoms with Gasteiger partial charge in [-0.1, -0.05) is 24.0 Å². The van der Waals surface area contributed by atoms with Gasteiger partial charge in [-0.2, -0.15) is 0 Å². The van der Waals surface area contributed by atoms with E-state index in [-0.39, 0.29) is 22.5 Å². The molecule has 11 heteroatoms. The largest absolute Gasteiger partial charge is 0.495 e. The maximum absolute atomic E-state index is 14.8. The molecule has 3 atom stereocenters. The van der Waals surface area contributed by atoms with Crippen molar-refractivity contribution < 1.29 is 27.1 Å². The van der Waals surface area contributed by atoms with Crippen LogP contribution in [-0.2, 0) is 0 Å². The van der Waals surface area contributed by atoms with Crippen LogP contribution in [0.15, 0.2) is 36.4 Å². The highest BCUT2D eigenvalue weighted by molar-refractivity contribution is 7.20. The number of hydrogen-bond acceptors (Lipinski definition) is 6. The van der Waals surface area contributed by atoms with Gasteiger partial charge in [0.1, 0.15) is 11.9 Å². The summed E-state index contributed by atoms with van der Waals surface area (Å²) >= 11 is 1.10. The second-order valence-electron chi connectivity index (χ2n) is 9.02. The number of nitrogens with zero attached hydrogens (tertiary/aromatic N) is 1. The van der Waals surface area contributed by atoms with Gasteiger partial charge in [0.15, 0.2) is 6.17 Å². The summed E-state index contributed by atoms with van der Waals surface area (Å²) in [5.74, 6) is 5.46. The molecule has 0 saturated carbocycles. The van der Waals surface area contributed by atoms with E-state index < -0.39 is 30.7 Å². The van der Waals surface area contributed by atoms with Crippen molar-refractivity contribution in [1.29, 1.82) is 0 Å². The number of thiophene rings is 1. The molecule has 0 bridgehead atoms. The van der Waals surface area contributed by atoms with Crippen LogP contribution in [-0.4, -0.2) is 63.2 Å². The average molecular weight is 549 g/mol. The Morgan fingerprint density at radius 2 is 2.05 bits per heavy atom. The van der Waals surface area contributed by atoms with E-state index in [1.807, 2.05) is 11.9 Å². The zero-order chi connectivity index (χ0) is 27.4. The summed E-state index contributed by atoms with van der Waals surface area (Å²) in [5.41, 5.74) is 6.52. The number of amides is 1. The monoisotopic (exact) mass is 548 g/mol. The van der Waals surface area contributed by atoms with Crippen LogP contribution in [0.5, 0.6) is 5.75 Å². The lowest BCUT2D eigenvalue weighted by Gasteiger charge is -2.33. The number of piperidine rings is 1. The van der Waals surface area contributed by atoms with E-state index in [1.165, 1.54) is 19.2 Å². The lowest BCUT2D eigenvalue weighted by molar-refractivity contribution is 0.0504. The Morgan fingerprint density at radius 3 is 2.74 bits per heavy atom. The molecular formula is C27H28F4N4O2S. The zero-order valence-electron chi connectivity index (χ0n) is 20.9. The first kappa shape index (κ1) is 27.5. The maximum atomic E-state index is 14.8. The number of likely N-dealkylation sites (tertiary alicyclic amines) is 1. The minimum Gasteiger partial charge on any atom is -0.495 e. The fourth-order valence-electron chi connectivity index (χ4n) is 4.42. The van der Waals surface area contributed by atoms with E-state index in [1.54, 1.807) is 24.3 Å². The van der Waals surface area contributed by atoms with Gasteiger partial charge in [-0.3, -0.25) is 4.79 Å². The molecule has 0 aliphatic carbocycles. The molecular weight excluding hydrogens is 520 g/mol. The predicted molar refractivity (Wildman–Crippen MR) is 143 cm³/mol. The van der Waals surface area contributed by atoms with Crippen molar-refractivity contribution in [3.63, 3.8) is 0 Å². The standard InChI is InChI=1S/C27H28F4N4O2S/c1-35-12-10-18(17(28)14-35)34-20-6-3-5-16-23(24(29)26(30)31)22(38-25(16)20)7-4-11-33-19-9-8-15(27(32)36)13-21(19)37-2/h3,5-6,8-9,13,17-18,24,26,33-34H,10-12,14H2,1-2H3,(H2,32,36). The molecule has 1 aliphatic heterocycles. The number of carbonyl (C=O) groups excluding carboxylic acids is 1. The summed E-state index contributed by atoms with van der Waals surface area (Å²) in [7, 11) is 3.29. The van der Waals surface area contributed by atoms with Crippen LogP contribution in [0.3, 0.4) is 0 Å². The first-order valence-electron chi connectivity index (χ1n) is 12.0. The van der Waals surface area contributed by atoms with Crippen molar-refractivity contribution in [2.45, 2.75) is 31.2 Å². The lowest BCUT2D eigenvalue weighted by atomic mass is 10.0. The Kier molecular flexibility index (Phi) is 8.64. The predicted octanol–water partition coefficient (Wildman–Crippen LogP) is 5.20. The molecule has 1 fully saturated rings.